The van der Waals surface area contributed by atoms with E-state index in [2.05, 4.69) is 32.2 Å². The normalized spacial score (nSPS) is 23.4. The van der Waals surface area contributed by atoms with Crippen LogP contribution in [0.3, 0.4) is 0 Å². The third kappa shape index (κ3) is 3.53. The highest BCUT2D eigenvalue weighted by Gasteiger charge is 2.34. The van der Waals surface area contributed by atoms with E-state index in [1.165, 1.54) is 18.6 Å². The molecule has 0 aromatic carbocycles. The van der Waals surface area contributed by atoms with Crippen molar-refractivity contribution in [3.05, 3.63) is 48.3 Å². The summed E-state index contributed by atoms with van der Waals surface area (Å²) >= 11 is 1.57. The molecule has 8 heteroatoms. The minimum Gasteiger partial charge on any atom is -0.379 e. The number of aromatic nitrogens is 3. The third-order valence-electron chi connectivity index (χ3n) is 3.73. The van der Waals surface area contributed by atoms with Crippen LogP contribution < -0.4 is 11.1 Å². The van der Waals surface area contributed by atoms with E-state index in [-0.39, 0.29) is 11.6 Å². The Hall–Kier alpha value is -2.48. The predicted molar refractivity (Wildman–Crippen MR) is 94.9 cm³/mol. The van der Waals surface area contributed by atoms with Gasteiger partial charge < -0.3 is 11.1 Å². The molecule has 1 amide bonds. The van der Waals surface area contributed by atoms with Crippen molar-refractivity contribution < 1.29 is 4.79 Å². The molecule has 3 N–H and O–H groups in total. The number of rotatable bonds is 3. The molecule has 1 aliphatic heterocycles. The number of hydrogen-bond acceptors (Lipinski definition) is 7. The molecule has 0 fully saturated rings. The van der Waals surface area contributed by atoms with Gasteiger partial charge in [0.15, 0.2) is 5.17 Å². The number of aliphatic imine (C=N–C) groups is 1. The van der Waals surface area contributed by atoms with Crippen molar-refractivity contribution in [3.63, 3.8) is 0 Å². The molecule has 0 radical (unpaired) electrons. The summed E-state index contributed by atoms with van der Waals surface area (Å²) in [6.45, 7) is 4.12. The van der Waals surface area contributed by atoms with E-state index in [0.717, 1.165) is 12.1 Å². The van der Waals surface area contributed by atoms with Crippen LogP contribution in [0.1, 0.15) is 36.5 Å². The van der Waals surface area contributed by atoms with Crippen molar-refractivity contribution in [2.45, 2.75) is 31.1 Å². The van der Waals surface area contributed by atoms with E-state index in [1.54, 1.807) is 24.0 Å². The van der Waals surface area contributed by atoms with E-state index in [4.69, 9.17) is 5.73 Å². The average molecular weight is 342 g/mol. The molecule has 3 rings (SSSR count). The Labute approximate surface area is 144 Å². The average Bonchev–Trinajstić information content (AvgIpc) is 2.54. The first-order valence-electron chi connectivity index (χ1n) is 7.52. The third-order valence-corrected chi connectivity index (χ3v) is 4.63. The number of carbonyl (C=O) groups is 1. The molecule has 1 aliphatic rings. The van der Waals surface area contributed by atoms with Crippen molar-refractivity contribution in [1.82, 2.24) is 15.0 Å². The summed E-state index contributed by atoms with van der Waals surface area (Å²) in [7, 11) is 0. The molecule has 2 aromatic rings. The van der Waals surface area contributed by atoms with Crippen LogP contribution in [0.2, 0.25) is 0 Å². The van der Waals surface area contributed by atoms with Crippen molar-refractivity contribution >= 4 is 28.5 Å². The van der Waals surface area contributed by atoms with Crippen LogP contribution in [0.25, 0.3) is 0 Å². The molecule has 0 bridgehead atoms. The van der Waals surface area contributed by atoms with Gasteiger partial charge in [-0.15, -0.1) is 0 Å². The summed E-state index contributed by atoms with van der Waals surface area (Å²) in [5, 5.41) is 3.73. The summed E-state index contributed by atoms with van der Waals surface area (Å²) in [4.78, 5) is 29.1. The standard InChI is InChI=1S/C16H18N6OS/c1-10-8-16(2,22-15(17)24-10)13-7-11(3-4-20-13)21-14(23)12-9-18-5-6-19-12/h3-7,9-10H,8H2,1-2H3,(H2,17,22)(H,20,21,23)/t10-,16+/m1/s1. The van der Waals surface area contributed by atoms with E-state index in [0.29, 0.717) is 16.1 Å². The first-order chi connectivity index (χ1) is 11.5. The lowest BCUT2D eigenvalue weighted by atomic mass is 9.91. The second-order valence-corrected chi connectivity index (χ2v) is 7.29. The Morgan fingerprint density at radius 3 is 2.92 bits per heavy atom. The summed E-state index contributed by atoms with van der Waals surface area (Å²) in [5.41, 5.74) is 7.10. The van der Waals surface area contributed by atoms with Gasteiger partial charge in [-0.25, -0.2) is 9.98 Å². The van der Waals surface area contributed by atoms with Crippen LogP contribution >= 0.6 is 11.8 Å². The number of carbonyl (C=O) groups excluding carboxylic acids is 1. The number of amides is 1. The Balaban J connectivity index is 1.85. The highest BCUT2D eigenvalue weighted by atomic mass is 32.2. The Bertz CT molecular complexity index is 781. The minimum absolute atomic E-state index is 0.257. The van der Waals surface area contributed by atoms with Gasteiger partial charge >= 0.3 is 0 Å². The lowest BCUT2D eigenvalue weighted by Gasteiger charge is -2.32. The lowest BCUT2D eigenvalue weighted by molar-refractivity contribution is 0.102. The topological polar surface area (TPSA) is 106 Å². The zero-order chi connectivity index (χ0) is 17.2. The lowest BCUT2D eigenvalue weighted by Crippen LogP contribution is -2.33. The number of nitrogens with zero attached hydrogens (tertiary/aromatic N) is 4. The van der Waals surface area contributed by atoms with Crippen LogP contribution in [-0.4, -0.2) is 31.3 Å². The summed E-state index contributed by atoms with van der Waals surface area (Å²) < 4.78 is 0. The Morgan fingerprint density at radius 2 is 2.21 bits per heavy atom. The van der Waals surface area contributed by atoms with E-state index in [1.807, 2.05) is 13.0 Å². The summed E-state index contributed by atoms with van der Waals surface area (Å²) in [6.07, 6.45) is 6.90. The van der Waals surface area contributed by atoms with E-state index in [9.17, 15) is 4.79 Å². The fraction of sp³-hybridized carbons (Fsp3) is 0.312. The molecule has 0 saturated carbocycles. The molecule has 2 aromatic heterocycles. The Morgan fingerprint density at radius 1 is 1.38 bits per heavy atom. The minimum atomic E-state index is -0.498. The van der Waals surface area contributed by atoms with Crippen LogP contribution in [0.15, 0.2) is 41.9 Å². The maximum atomic E-state index is 12.2. The molecule has 0 aliphatic carbocycles. The van der Waals surface area contributed by atoms with Gasteiger partial charge in [-0.1, -0.05) is 18.7 Å². The maximum absolute atomic E-state index is 12.2. The number of nitrogens with one attached hydrogen (secondary N) is 1. The quantitative estimate of drug-likeness (QED) is 0.885. The van der Waals surface area contributed by atoms with Crippen LogP contribution in [0.5, 0.6) is 0 Å². The molecular formula is C16H18N6OS. The van der Waals surface area contributed by atoms with Crippen molar-refractivity contribution in [3.8, 4) is 0 Å². The molecule has 7 nitrogen and oxygen atoms in total. The van der Waals surface area contributed by atoms with Gasteiger partial charge in [0.1, 0.15) is 11.2 Å². The predicted octanol–water partition coefficient (Wildman–Crippen LogP) is 2.18. The number of anilines is 1. The van der Waals surface area contributed by atoms with E-state index < -0.39 is 5.54 Å². The molecule has 0 saturated heterocycles. The number of hydrogen-bond donors (Lipinski definition) is 2. The smallest absolute Gasteiger partial charge is 0.275 e. The Kier molecular flexibility index (Phi) is 4.48. The van der Waals surface area contributed by atoms with Gasteiger partial charge in [-0.05, 0) is 25.5 Å². The number of thioether (sulfide) groups is 1. The zero-order valence-corrected chi connectivity index (χ0v) is 14.2. The molecule has 24 heavy (non-hydrogen) atoms. The largest absolute Gasteiger partial charge is 0.379 e. The van der Waals surface area contributed by atoms with Crippen LogP contribution in [0.4, 0.5) is 5.69 Å². The van der Waals surface area contributed by atoms with Gasteiger partial charge in [0, 0.05) is 29.5 Å². The second kappa shape index (κ2) is 6.56. The fourth-order valence-electron chi connectivity index (χ4n) is 2.70. The number of amidine groups is 1. The molecule has 3 heterocycles. The fourth-order valence-corrected chi connectivity index (χ4v) is 3.77. The van der Waals surface area contributed by atoms with Crippen LogP contribution in [-0.2, 0) is 5.54 Å². The van der Waals surface area contributed by atoms with Crippen molar-refractivity contribution in [1.29, 1.82) is 0 Å². The van der Waals surface area contributed by atoms with Crippen LogP contribution in [0, 0.1) is 0 Å². The van der Waals surface area contributed by atoms with Gasteiger partial charge in [-0.2, -0.15) is 0 Å². The van der Waals surface area contributed by atoms with E-state index >= 15 is 0 Å². The highest BCUT2D eigenvalue weighted by Crippen LogP contribution is 2.38. The zero-order valence-electron chi connectivity index (χ0n) is 13.4. The first kappa shape index (κ1) is 16.4. The number of nitrogens with two attached hydrogens (primary N) is 1. The van der Waals surface area contributed by atoms with Crippen molar-refractivity contribution in [2.24, 2.45) is 10.7 Å². The molecule has 0 unspecified atom stereocenters. The highest BCUT2D eigenvalue weighted by molar-refractivity contribution is 8.14. The first-order valence-corrected chi connectivity index (χ1v) is 8.40. The second-order valence-electron chi connectivity index (χ2n) is 5.83. The SMILES string of the molecule is C[C@@H]1C[C@@](C)(c2cc(NC(=O)c3cnccn3)ccn2)N=C(N)S1. The van der Waals surface area contributed by atoms with Gasteiger partial charge in [-0.3, -0.25) is 14.8 Å². The molecular weight excluding hydrogens is 324 g/mol. The molecule has 124 valence electrons. The summed E-state index contributed by atoms with van der Waals surface area (Å²) in [6, 6.07) is 3.56. The molecule has 2 atom stereocenters. The summed E-state index contributed by atoms with van der Waals surface area (Å²) in [5.74, 6) is -0.319. The maximum Gasteiger partial charge on any atom is 0.275 e. The van der Waals surface area contributed by atoms with Gasteiger partial charge in [0.2, 0.25) is 0 Å². The van der Waals surface area contributed by atoms with Gasteiger partial charge in [0.25, 0.3) is 5.91 Å². The van der Waals surface area contributed by atoms with Crippen molar-refractivity contribution in [2.75, 3.05) is 5.32 Å². The monoisotopic (exact) mass is 342 g/mol. The molecule has 0 spiro atoms. The number of pyridine rings is 1. The van der Waals surface area contributed by atoms with Gasteiger partial charge in [0.05, 0.1) is 11.9 Å².